The van der Waals surface area contributed by atoms with E-state index in [0.717, 1.165) is 22.4 Å². The van der Waals surface area contributed by atoms with Crippen LogP contribution in [0.15, 0.2) is 48.8 Å². The number of methoxy groups -OCH3 is 1. The summed E-state index contributed by atoms with van der Waals surface area (Å²) in [4.78, 5) is 24.1. The molecule has 31 heavy (non-hydrogen) atoms. The van der Waals surface area contributed by atoms with E-state index in [9.17, 15) is 4.79 Å². The highest BCUT2D eigenvalue weighted by Gasteiger charge is 2.57. The normalized spacial score (nSPS) is 20.4. The quantitative estimate of drug-likeness (QED) is 0.647. The second-order valence-electron chi connectivity index (χ2n) is 7.67. The predicted octanol–water partition coefficient (Wildman–Crippen LogP) is 2.48. The first kappa shape index (κ1) is 18.0. The minimum atomic E-state index is -0.922. The molecular formula is C23H19N3O5. The number of amides is 1. The number of anilines is 1. The van der Waals surface area contributed by atoms with E-state index in [0.29, 0.717) is 43.0 Å². The van der Waals surface area contributed by atoms with Crippen molar-refractivity contribution in [2.24, 2.45) is 0 Å². The molecule has 0 saturated carbocycles. The number of fused-ring (bicyclic) bond motifs is 5. The Labute approximate surface area is 178 Å². The minimum absolute atomic E-state index is 0.0417. The van der Waals surface area contributed by atoms with Crippen molar-refractivity contribution in [1.82, 2.24) is 9.97 Å². The van der Waals surface area contributed by atoms with Crippen LogP contribution in [0.25, 0.3) is 0 Å². The van der Waals surface area contributed by atoms with E-state index in [4.69, 9.17) is 18.9 Å². The van der Waals surface area contributed by atoms with Crippen molar-refractivity contribution < 1.29 is 23.7 Å². The van der Waals surface area contributed by atoms with Gasteiger partial charge in [-0.1, -0.05) is 18.2 Å². The zero-order chi connectivity index (χ0) is 21.0. The van der Waals surface area contributed by atoms with Gasteiger partial charge < -0.3 is 23.8 Å². The summed E-state index contributed by atoms with van der Waals surface area (Å²) >= 11 is 0. The van der Waals surface area contributed by atoms with Crippen LogP contribution < -0.4 is 23.8 Å². The maximum absolute atomic E-state index is 14.0. The van der Waals surface area contributed by atoms with E-state index in [1.165, 1.54) is 7.11 Å². The van der Waals surface area contributed by atoms with Gasteiger partial charge in [-0.2, -0.15) is 0 Å². The predicted molar refractivity (Wildman–Crippen MR) is 110 cm³/mol. The summed E-state index contributed by atoms with van der Waals surface area (Å²) in [6.07, 6.45) is 3.35. The zero-order valence-corrected chi connectivity index (χ0v) is 16.8. The first-order valence-corrected chi connectivity index (χ1v) is 10.0. The van der Waals surface area contributed by atoms with Crippen LogP contribution in [0, 0.1) is 0 Å². The summed E-state index contributed by atoms with van der Waals surface area (Å²) in [5, 5.41) is 0. The van der Waals surface area contributed by atoms with Crippen molar-refractivity contribution >= 4 is 11.6 Å². The highest BCUT2D eigenvalue weighted by atomic mass is 16.6. The van der Waals surface area contributed by atoms with Crippen LogP contribution in [0.1, 0.15) is 16.7 Å². The molecule has 1 aromatic heterocycles. The first-order chi connectivity index (χ1) is 15.2. The van der Waals surface area contributed by atoms with Gasteiger partial charge in [-0.05, 0) is 17.7 Å². The highest BCUT2D eigenvalue weighted by molar-refractivity contribution is 6.11. The Balaban J connectivity index is 1.45. The summed E-state index contributed by atoms with van der Waals surface area (Å²) < 4.78 is 22.5. The van der Waals surface area contributed by atoms with Crippen LogP contribution in [0.5, 0.6) is 23.3 Å². The number of hydrogen-bond acceptors (Lipinski definition) is 7. The van der Waals surface area contributed by atoms with Gasteiger partial charge in [0.25, 0.3) is 0 Å². The molecule has 0 radical (unpaired) electrons. The molecule has 1 atom stereocenters. The Morgan fingerprint density at radius 2 is 1.74 bits per heavy atom. The Morgan fingerprint density at radius 3 is 2.52 bits per heavy atom. The topological polar surface area (TPSA) is 83.0 Å². The molecule has 1 spiro atoms. The van der Waals surface area contributed by atoms with E-state index in [-0.39, 0.29) is 12.5 Å². The second kappa shape index (κ2) is 6.60. The van der Waals surface area contributed by atoms with Gasteiger partial charge >= 0.3 is 6.01 Å². The number of carbonyl (C=O) groups excluding carboxylic acids is 1. The van der Waals surface area contributed by atoms with Crippen LogP contribution in [-0.4, -0.2) is 42.8 Å². The molecule has 0 aliphatic carbocycles. The fourth-order valence-corrected chi connectivity index (χ4v) is 4.58. The molecule has 3 aliphatic rings. The average Bonchev–Trinajstić information content (AvgIpc) is 3.30. The molecule has 0 N–H and O–H groups in total. The van der Waals surface area contributed by atoms with Gasteiger partial charge in [0.2, 0.25) is 5.91 Å². The SMILES string of the molecule is COc1ncc(CN2C(=O)C3(COc4cc5c(cc43)OCCO5)c3ccccc32)cn1. The first-order valence-electron chi connectivity index (χ1n) is 10.0. The second-order valence-corrected chi connectivity index (χ2v) is 7.67. The Hall–Kier alpha value is -3.81. The number of ether oxygens (including phenoxy) is 4. The maximum atomic E-state index is 14.0. The summed E-state index contributed by atoms with van der Waals surface area (Å²) in [5.74, 6) is 1.90. The van der Waals surface area contributed by atoms with Crippen LogP contribution in [-0.2, 0) is 16.8 Å². The van der Waals surface area contributed by atoms with Crippen LogP contribution in [0.2, 0.25) is 0 Å². The molecule has 2 aromatic carbocycles. The fraction of sp³-hybridized carbons (Fsp3) is 0.261. The molecule has 1 unspecified atom stereocenters. The Bertz CT molecular complexity index is 1200. The lowest BCUT2D eigenvalue weighted by molar-refractivity contribution is -0.122. The third kappa shape index (κ3) is 2.51. The van der Waals surface area contributed by atoms with Crippen LogP contribution in [0.4, 0.5) is 5.69 Å². The molecule has 3 aromatic rings. The summed E-state index contributed by atoms with van der Waals surface area (Å²) in [6.45, 7) is 1.56. The van der Waals surface area contributed by atoms with Crippen LogP contribution >= 0.6 is 0 Å². The summed E-state index contributed by atoms with van der Waals surface area (Å²) in [6, 6.07) is 11.8. The number of aromatic nitrogens is 2. The largest absolute Gasteiger partial charge is 0.491 e. The third-order valence-corrected chi connectivity index (χ3v) is 6.02. The fourth-order valence-electron chi connectivity index (χ4n) is 4.58. The molecule has 0 bridgehead atoms. The van der Waals surface area contributed by atoms with E-state index in [2.05, 4.69) is 9.97 Å². The molecule has 156 valence electrons. The van der Waals surface area contributed by atoms with E-state index in [1.807, 2.05) is 36.4 Å². The Kier molecular flexibility index (Phi) is 3.83. The zero-order valence-electron chi connectivity index (χ0n) is 16.8. The minimum Gasteiger partial charge on any atom is -0.491 e. The van der Waals surface area contributed by atoms with Gasteiger partial charge in [0.05, 0.1) is 13.7 Å². The lowest BCUT2D eigenvalue weighted by Crippen LogP contribution is -2.42. The molecule has 4 heterocycles. The smallest absolute Gasteiger partial charge is 0.316 e. The monoisotopic (exact) mass is 417 g/mol. The maximum Gasteiger partial charge on any atom is 0.316 e. The van der Waals surface area contributed by atoms with E-state index >= 15 is 0 Å². The lowest BCUT2D eigenvalue weighted by Gasteiger charge is -2.24. The molecule has 8 nitrogen and oxygen atoms in total. The van der Waals surface area contributed by atoms with E-state index in [1.54, 1.807) is 17.3 Å². The standard InChI is InChI=1S/C23H19N3O5/c1-28-22-24-10-14(11-25-22)12-26-17-5-3-2-4-15(17)23(21(26)27)13-31-18-9-20-19(8-16(18)23)29-6-7-30-20/h2-5,8-11H,6-7,12-13H2,1H3. The summed E-state index contributed by atoms with van der Waals surface area (Å²) in [7, 11) is 1.52. The van der Waals surface area contributed by atoms with Gasteiger partial charge in [-0.15, -0.1) is 0 Å². The summed E-state index contributed by atoms with van der Waals surface area (Å²) in [5.41, 5.74) is 2.47. The van der Waals surface area contributed by atoms with Crippen molar-refractivity contribution in [2.45, 2.75) is 12.0 Å². The number of nitrogens with zero attached hydrogens (tertiary/aromatic N) is 3. The Morgan fingerprint density at radius 1 is 1.00 bits per heavy atom. The molecule has 0 fully saturated rings. The average molecular weight is 417 g/mol. The van der Waals surface area contributed by atoms with Crippen molar-refractivity contribution in [1.29, 1.82) is 0 Å². The van der Waals surface area contributed by atoms with Gasteiger partial charge in [0.1, 0.15) is 31.0 Å². The number of carbonyl (C=O) groups is 1. The van der Waals surface area contributed by atoms with Crippen molar-refractivity contribution in [3.05, 3.63) is 65.5 Å². The molecule has 6 rings (SSSR count). The number of hydrogen-bond donors (Lipinski definition) is 0. The van der Waals surface area contributed by atoms with E-state index < -0.39 is 5.41 Å². The van der Waals surface area contributed by atoms with Crippen molar-refractivity contribution in [2.75, 3.05) is 31.8 Å². The third-order valence-electron chi connectivity index (χ3n) is 6.02. The highest BCUT2D eigenvalue weighted by Crippen LogP contribution is 2.54. The number of para-hydroxylation sites is 1. The van der Waals surface area contributed by atoms with Gasteiger partial charge in [0.15, 0.2) is 11.5 Å². The molecule has 8 heteroatoms. The van der Waals surface area contributed by atoms with Gasteiger partial charge in [-0.25, -0.2) is 9.97 Å². The number of rotatable bonds is 3. The van der Waals surface area contributed by atoms with Crippen LogP contribution in [0.3, 0.4) is 0 Å². The van der Waals surface area contributed by atoms with Gasteiger partial charge in [0, 0.05) is 35.3 Å². The molecule has 3 aliphatic heterocycles. The molecular weight excluding hydrogens is 398 g/mol. The molecule has 1 amide bonds. The van der Waals surface area contributed by atoms with Crippen molar-refractivity contribution in [3.8, 4) is 23.3 Å². The van der Waals surface area contributed by atoms with Crippen molar-refractivity contribution in [3.63, 3.8) is 0 Å². The number of benzene rings is 2. The molecule has 0 saturated heterocycles. The van der Waals surface area contributed by atoms with Gasteiger partial charge in [-0.3, -0.25) is 4.79 Å². The lowest BCUT2D eigenvalue weighted by atomic mass is 9.77.